The van der Waals surface area contributed by atoms with E-state index >= 15 is 0 Å². The molecule has 3 rings (SSSR count). The van der Waals surface area contributed by atoms with E-state index in [1.807, 2.05) is 18.2 Å². The average molecular weight is 277 g/mol. The smallest absolute Gasteiger partial charge is 0.0878 e. The van der Waals surface area contributed by atoms with Gasteiger partial charge in [-0.2, -0.15) is 0 Å². The molecule has 1 aromatic rings. The lowest BCUT2D eigenvalue weighted by Gasteiger charge is -2.23. The van der Waals surface area contributed by atoms with E-state index in [9.17, 15) is 0 Å². The van der Waals surface area contributed by atoms with E-state index < -0.39 is 0 Å². The van der Waals surface area contributed by atoms with Crippen LogP contribution < -0.4 is 5.32 Å². The molecule has 19 heavy (non-hydrogen) atoms. The predicted molar refractivity (Wildman–Crippen MR) is 76.8 cm³/mol. The van der Waals surface area contributed by atoms with Crippen molar-refractivity contribution in [1.82, 2.24) is 10.2 Å². The Labute approximate surface area is 118 Å². The van der Waals surface area contributed by atoms with Gasteiger partial charge in [0.2, 0.25) is 0 Å². The quantitative estimate of drug-likeness (QED) is 0.890. The molecule has 0 amide bonds. The van der Waals surface area contributed by atoms with Crippen LogP contribution in [0.15, 0.2) is 47.8 Å². The second kappa shape index (κ2) is 5.27. The first kappa shape index (κ1) is 12.6. The summed E-state index contributed by atoms with van der Waals surface area (Å²) < 4.78 is 0. The molecule has 1 heterocycles. The van der Waals surface area contributed by atoms with E-state index in [1.165, 1.54) is 17.0 Å². The molecule has 4 heteroatoms. The lowest BCUT2D eigenvalue weighted by molar-refractivity contribution is 0.237. The number of fused-ring (bicyclic) bond motifs is 1. The summed E-state index contributed by atoms with van der Waals surface area (Å²) in [7, 11) is 0. The fraction of sp³-hybridized carbons (Fsp3) is 0.333. The first-order valence-electron chi connectivity index (χ1n) is 6.56. The molecule has 1 atom stereocenters. The van der Waals surface area contributed by atoms with Crippen LogP contribution in [0.2, 0.25) is 5.02 Å². The van der Waals surface area contributed by atoms with E-state index in [0.29, 0.717) is 12.5 Å². The van der Waals surface area contributed by atoms with E-state index in [1.54, 1.807) is 0 Å². The molecule has 0 bridgehead atoms. The van der Waals surface area contributed by atoms with E-state index in [-0.39, 0.29) is 6.61 Å². The summed E-state index contributed by atoms with van der Waals surface area (Å²) in [6.07, 6.45) is 5.44. The highest BCUT2D eigenvalue weighted by Crippen LogP contribution is 2.35. The van der Waals surface area contributed by atoms with Crippen molar-refractivity contribution in [2.24, 2.45) is 0 Å². The van der Waals surface area contributed by atoms with E-state index in [0.717, 1.165) is 18.1 Å². The Hall–Kier alpha value is -1.45. The molecular formula is C15H17ClN2O. The number of allylic oxidation sites excluding steroid dienone is 2. The average Bonchev–Trinajstić information content (AvgIpc) is 2.82. The van der Waals surface area contributed by atoms with Crippen molar-refractivity contribution in [2.75, 3.05) is 19.8 Å². The van der Waals surface area contributed by atoms with Crippen molar-refractivity contribution in [3.05, 3.63) is 58.4 Å². The van der Waals surface area contributed by atoms with Gasteiger partial charge in [-0.15, -0.1) is 0 Å². The highest BCUT2D eigenvalue weighted by molar-refractivity contribution is 6.31. The molecule has 0 saturated carbocycles. The fourth-order valence-corrected chi connectivity index (χ4v) is 2.99. The Bertz CT molecular complexity index is 539. The number of nitrogens with zero attached hydrogens (tertiary/aromatic N) is 1. The van der Waals surface area contributed by atoms with Gasteiger partial charge in [0, 0.05) is 17.5 Å². The van der Waals surface area contributed by atoms with Crippen molar-refractivity contribution < 1.29 is 5.11 Å². The lowest BCUT2D eigenvalue weighted by atomic mass is 9.90. The van der Waals surface area contributed by atoms with Crippen LogP contribution in [-0.2, 0) is 0 Å². The SMILES string of the molecule is OCCN1CNC2=CCC(c3ccccc3Cl)C=C21. The van der Waals surface area contributed by atoms with Crippen LogP contribution in [0.1, 0.15) is 17.9 Å². The maximum atomic E-state index is 9.11. The van der Waals surface area contributed by atoms with E-state index in [4.69, 9.17) is 16.7 Å². The van der Waals surface area contributed by atoms with Gasteiger partial charge >= 0.3 is 0 Å². The van der Waals surface area contributed by atoms with Gasteiger partial charge in [0.15, 0.2) is 0 Å². The molecule has 1 aliphatic carbocycles. The first-order chi connectivity index (χ1) is 9.29. The fourth-order valence-electron chi connectivity index (χ4n) is 2.71. The number of halogens is 1. The van der Waals surface area contributed by atoms with Crippen LogP contribution in [-0.4, -0.2) is 29.8 Å². The summed E-state index contributed by atoms with van der Waals surface area (Å²) >= 11 is 6.28. The van der Waals surface area contributed by atoms with Crippen molar-refractivity contribution in [3.63, 3.8) is 0 Å². The Morgan fingerprint density at radius 2 is 2.21 bits per heavy atom. The molecule has 2 N–H and O–H groups in total. The standard InChI is InChI=1S/C15H17ClN2O/c16-13-4-2-1-3-12(13)11-5-6-14-15(9-11)18(7-8-19)10-17-14/h1-4,6,9,11,17,19H,5,7-8,10H2. The van der Waals surface area contributed by atoms with Crippen LogP contribution in [0, 0.1) is 0 Å². The number of aliphatic hydroxyl groups excluding tert-OH is 1. The number of aliphatic hydroxyl groups is 1. The van der Waals surface area contributed by atoms with Crippen LogP contribution in [0.4, 0.5) is 0 Å². The zero-order chi connectivity index (χ0) is 13.2. The third-order valence-corrected chi connectivity index (χ3v) is 4.03. The molecule has 0 radical (unpaired) electrons. The molecule has 0 spiro atoms. The Kier molecular flexibility index (Phi) is 3.49. The Balaban J connectivity index is 1.89. The maximum absolute atomic E-state index is 9.11. The van der Waals surface area contributed by atoms with Gasteiger partial charge in [0.25, 0.3) is 0 Å². The topological polar surface area (TPSA) is 35.5 Å². The van der Waals surface area contributed by atoms with Crippen molar-refractivity contribution in [3.8, 4) is 0 Å². The summed E-state index contributed by atoms with van der Waals surface area (Å²) in [5, 5.41) is 13.3. The van der Waals surface area contributed by atoms with Gasteiger partial charge in [0.05, 0.1) is 24.7 Å². The summed E-state index contributed by atoms with van der Waals surface area (Å²) in [6.45, 7) is 1.60. The number of benzene rings is 1. The maximum Gasteiger partial charge on any atom is 0.0878 e. The van der Waals surface area contributed by atoms with Gasteiger partial charge in [-0.3, -0.25) is 0 Å². The third kappa shape index (κ3) is 2.36. The van der Waals surface area contributed by atoms with Gasteiger partial charge in [-0.1, -0.05) is 42.0 Å². The van der Waals surface area contributed by atoms with Crippen molar-refractivity contribution in [1.29, 1.82) is 0 Å². The number of hydrogen-bond acceptors (Lipinski definition) is 3. The minimum absolute atomic E-state index is 0.170. The summed E-state index contributed by atoms with van der Waals surface area (Å²) in [5.41, 5.74) is 3.53. The first-order valence-corrected chi connectivity index (χ1v) is 6.94. The van der Waals surface area contributed by atoms with Crippen LogP contribution in [0.3, 0.4) is 0 Å². The summed E-state index contributed by atoms with van der Waals surface area (Å²) in [5.74, 6) is 0.313. The Morgan fingerprint density at radius 1 is 1.37 bits per heavy atom. The highest BCUT2D eigenvalue weighted by atomic mass is 35.5. The molecule has 1 aliphatic heterocycles. The predicted octanol–water partition coefficient (Wildman–Crippen LogP) is 2.45. The highest BCUT2D eigenvalue weighted by Gasteiger charge is 2.26. The summed E-state index contributed by atoms with van der Waals surface area (Å²) in [4.78, 5) is 2.16. The number of nitrogens with one attached hydrogen (secondary N) is 1. The summed E-state index contributed by atoms with van der Waals surface area (Å²) in [6, 6.07) is 8.00. The molecule has 1 aromatic carbocycles. The zero-order valence-corrected chi connectivity index (χ0v) is 11.4. The van der Waals surface area contributed by atoms with Gasteiger partial charge in [0.1, 0.15) is 0 Å². The largest absolute Gasteiger partial charge is 0.395 e. The minimum Gasteiger partial charge on any atom is -0.395 e. The minimum atomic E-state index is 0.170. The van der Waals surface area contributed by atoms with Crippen molar-refractivity contribution in [2.45, 2.75) is 12.3 Å². The van der Waals surface area contributed by atoms with Gasteiger partial charge in [-0.25, -0.2) is 0 Å². The molecule has 1 fully saturated rings. The Morgan fingerprint density at radius 3 is 3.00 bits per heavy atom. The molecule has 100 valence electrons. The number of hydrogen-bond donors (Lipinski definition) is 2. The molecule has 1 saturated heterocycles. The van der Waals surface area contributed by atoms with Crippen molar-refractivity contribution >= 4 is 11.6 Å². The third-order valence-electron chi connectivity index (χ3n) is 3.69. The van der Waals surface area contributed by atoms with Crippen LogP contribution in [0.25, 0.3) is 0 Å². The van der Waals surface area contributed by atoms with Crippen LogP contribution >= 0.6 is 11.6 Å². The molecule has 3 nitrogen and oxygen atoms in total. The normalized spacial score (nSPS) is 21.6. The van der Waals surface area contributed by atoms with Crippen LogP contribution in [0.5, 0.6) is 0 Å². The second-order valence-electron chi connectivity index (χ2n) is 4.86. The molecule has 0 aromatic heterocycles. The number of β-amino-alcohol motifs (C(OH)–C–C–N with tert-alkyl or cyclic N) is 1. The second-order valence-corrected chi connectivity index (χ2v) is 5.26. The molecule has 2 aliphatic rings. The zero-order valence-electron chi connectivity index (χ0n) is 10.6. The van der Waals surface area contributed by atoms with Gasteiger partial charge in [-0.05, 0) is 18.1 Å². The lowest BCUT2D eigenvalue weighted by Crippen LogP contribution is -2.24. The molecular weight excluding hydrogens is 260 g/mol. The number of rotatable bonds is 3. The van der Waals surface area contributed by atoms with E-state index in [2.05, 4.69) is 28.4 Å². The monoisotopic (exact) mass is 276 g/mol. The van der Waals surface area contributed by atoms with Gasteiger partial charge < -0.3 is 15.3 Å². The molecule has 1 unspecified atom stereocenters.